The van der Waals surface area contributed by atoms with Crippen LogP contribution in [-0.4, -0.2) is 35.5 Å². The molecule has 1 saturated heterocycles. The average Bonchev–Trinajstić information content (AvgIpc) is 2.04. The van der Waals surface area contributed by atoms with Crippen molar-refractivity contribution in [1.29, 1.82) is 0 Å². The van der Waals surface area contributed by atoms with Gasteiger partial charge in [0.2, 0.25) is 0 Å². The normalized spacial score (nSPS) is 34.0. The van der Waals surface area contributed by atoms with Crippen molar-refractivity contribution in [3.63, 3.8) is 0 Å². The Labute approximate surface area is 101 Å². The average molecular weight is 291 g/mol. The van der Waals surface area contributed by atoms with Gasteiger partial charge in [0.05, 0.1) is 0 Å². The summed E-state index contributed by atoms with van der Waals surface area (Å²) in [6, 6.07) is 0. The molecule has 0 saturated carbocycles. The zero-order chi connectivity index (χ0) is 12.5. The molecule has 0 amide bonds. The van der Waals surface area contributed by atoms with Gasteiger partial charge in [-0.25, -0.2) is 0 Å². The minimum atomic E-state index is -0.865. The number of rotatable bonds is 0. The van der Waals surface area contributed by atoms with Gasteiger partial charge in [-0.2, -0.15) is 0 Å². The molecule has 0 aliphatic carbocycles. The Morgan fingerprint density at radius 2 is 0.333 bits per heavy atom. The number of hydrogen-bond donors (Lipinski definition) is 0. The molecule has 0 N–H and O–H groups in total. The molecule has 0 aromatic heterocycles. The molecule has 0 atom stereocenters. The fourth-order valence-electron chi connectivity index (χ4n) is 3.91. The molecule has 0 nitrogen and oxygen atoms in total. The summed E-state index contributed by atoms with van der Waals surface area (Å²) in [5, 5.41) is 0. The Bertz CT molecular complexity index is 199. The molecule has 0 spiro atoms. The molecule has 1 fully saturated rings. The van der Waals surface area contributed by atoms with Crippen LogP contribution in [0, 0.1) is 0 Å². The van der Waals surface area contributed by atoms with Gasteiger partial charge in [0.1, 0.15) is 0 Å². The molecule has 0 aromatic carbocycles. The molecule has 90 valence electrons. The lowest BCUT2D eigenvalue weighted by Gasteiger charge is -2.43. The monoisotopic (exact) mass is 290 g/mol. The maximum Gasteiger partial charge on any atom is 0.0307 e. The second-order valence-electron chi connectivity index (χ2n) is 8.12. The van der Waals surface area contributed by atoms with Gasteiger partial charge in [-0.05, 0) is 0 Å². The smallest absolute Gasteiger partial charge is 0.0307 e. The highest BCUT2D eigenvalue weighted by Crippen LogP contribution is 2.50. The van der Waals surface area contributed by atoms with Crippen LogP contribution in [0.1, 0.15) is 0 Å². The van der Waals surface area contributed by atoms with Crippen LogP contribution in [0.2, 0.25) is 65.5 Å². The van der Waals surface area contributed by atoms with E-state index in [9.17, 15) is 0 Å². The first-order chi connectivity index (χ1) is 6.25. The third-order valence-corrected chi connectivity index (χ3v) is 138. The van der Waals surface area contributed by atoms with Gasteiger partial charge in [-0.15, -0.1) is 0 Å². The Kier molecular flexibility index (Phi) is 2.92. The molecule has 5 heteroatoms. The quantitative estimate of drug-likeness (QED) is 0.593. The van der Waals surface area contributed by atoms with E-state index in [2.05, 4.69) is 65.5 Å². The summed E-state index contributed by atoms with van der Waals surface area (Å²) < 4.78 is 0. The van der Waals surface area contributed by atoms with Gasteiger partial charge in [0.25, 0.3) is 0 Å². The lowest BCUT2D eigenvalue weighted by Crippen LogP contribution is -2.69. The molecule has 1 heterocycles. The zero-order valence-electron chi connectivity index (χ0n) is 12.5. The third-order valence-electron chi connectivity index (χ3n) is 7.81. The Morgan fingerprint density at radius 1 is 0.267 bits per heavy atom. The largest absolute Gasteiger partial charge is 0.0735 e. The van der Waals surface area contributed by atoms with E-state index >= 15 is 0 Å². The first kappa shape index (κ1) is 14.1. The van der Waals surface area contributed by atoms with Crippen LogP contribution in [0.3, 0.4) is 0 Å². The molecule has 0 unspecified atom stereocenters. The highest BCUT2D eigenvalue weighted by molar-refractivity contribution is 8.13. The van der Waals surface area contributed by atoms with Gasteiger partial charge < -0.3 is 0 Å². The summed E-state index contributed by atoms with van der Waals surface area (Å²) in [5.74, 6) is 0. The molecule has 1 aliphatic heterocycles. The predicted octanol–water partition coefficient (Wildman–Crippen LogP) is 3.93. The van der Waals surface area contributed by atoms with Crippen molar-refractivity contribution in [2.75, 3.05) is 0 Å². The first-order valence-electron chi connectivity index (χ1n) is 6.25. The zero-order valence-corrected chi connectivity index (χ0v) is 17.5. The fourth-order valence-corrected chi connectivity index (χ4v) is 207. The first-order valence-corrected chi connectivity index (χ1v) is 26.2. The Balaban J connectivity index is 3.55. The van der Waals surface area contributed by atoms with Crippen LogP contribution < -0.4 is 0 Å². The van der Waals surface area contributed by atoms with Crippen LogP contribution in [0.15, 0.2) is 0 Å². The molecular weight excluding hydrogens is 261 g/mol. The van der Waals surface area contributed by atoms with E-state index in [1.54, 1.807) is 0 Å². The summed E-state index contributed by atoms with van der Waals surface area (Å²) >= 11 is 0. The summed E-state index contributed by atoms with van der Waals surface area (Å²) in [4.78, 5) is 0. The molecular formula is C10H30Si5. The van der Waals surface area contributed by atoms with Gasteiger partial charge in [0, 0.05) is 35.5 Å². The van der Waals surface area contributed by atoms with Crippen molar-refractivity contribution in [2.24, 2.45) is 0 Å². The van der Waals surface area contributed by atoms with Crippen LogP contribution in [0.25, 0.3) is 0 Å². The molecule has 15 heavy (non-hydrogen) atoms. The van der Waals surface area contributed by atoms with E-state index in [1.165, 1.54) is 0 Å². The number of hydrogen-bond acceptors (Lipinski definition) is 0. The van der Waals surface area contributed by atoms with Crippen molar-refractivity contribution in [3.05, 3.63) is 0 Å². The van der Waals surface area contributed by atoms with E-state index in [0.29, 0.717) is 0 Å². The standard InChI is InChI=1S/C10H30Si5/c1-11(2)12(3,4)14(7,8)15(9,10)13(11,5)6/h1-10H3. The highest BCUT2D eigenvalue weighted by Gasteiger charge is 2.75. The van der Waals surface area contributed by atoms with E-state index in [1.807, 2.05) is 0 Å². The maximum atomic E-state index is 2.78. The summed E-state index contributed by atoms with van der Waals surface area (Å²) in [6.45, 7) is 27.8. The van der Waals surface area contributed by atoms with E-state index in [4.69, 9.17) is 0 Å². The van der Waals surface area contributed by atoms with Gasteiger partial charge in [-0.3, -0.25) is 0 Å². The van der Waals surface area contributed by atoms with Crippen LogP contribution >= 0.6 is 0 Å². The molecule has 0 radical (unpaired) electrons. The Hall–Kier alpha value is 1.08. The third kappa shape index (κ3) is 1.22. The highest BCUT2D eigenvalue weighted by atomic mass is 30.2. The molecule has 1 aliphatic rings. The fraction of sp³-hybridized carbons (Fsp3) is 1.00. The predicted molar refractivity (Wildman–Crippen MR) is 87.4 cm³/mol. The van der Waals surface area contributed by atoms with E-state index in [-0.39, 0.29) is 0 Å². The van der Waals surface area contributed by atoms with Crippen molar-refractivity contribution >= 4 is 35.5 Å². The van der Waals surface area contributed by atoms with Crippen molar-refractivity contribution < 1.29 is 0 Å². The molecule has 1 rings (SSSR count). The second-order valence-corrected chi connectivity index (χ2v) is 69.4. The van der Waals surface area contributed by atoms with Crippen LogP contribution in [0.4, 0.5) is 0 Å². The van der Waals surface area contributed by atoms with Crippen LogP contribution in [0.5, 0.6) is 0 Å². The second kappa shape index (κ2) is 3.10. The SMILES string of the molecule is C[Si]1(C)[Si](C)(C)[Si](C)(C)[Si](C)(C)[Si]1(C)C. The lowest BCUT2D eigenvalue weighted by atomic mass is 11.9. The molecule has 0 aromatic rings. The summed E-state index contributed by atoms with van der Waals surface area (Å²) in [5.41, 5.74) is 0. The summed E-state index contributed by atoms with van der Waals surface area (Å²) in [6.07, 6.45) is 0. The van der Waals surface area contributed by atoms with Gasteiger partial charge in [0.15, 0.2) is 0 Å². The van der Waals surface area contributed by atoms with Crippen molar-refractivity contribution in [1.82, 2.24) is 0 Å². The van der Waals surface area contributed by atoms with E-state index in [0.717, 1.165) is 0 Å². The van der Waals surface area contributed by atoms with Crippen molar-refractivity contribution in [2.45, 2.75) is 65.5 Å². The summed E-state index contributed by atoms with van der Waals surface area (Å²) in [7, 11) is -4.32. The van der Waals surface area contributed by atoms with E-state index < -0.39 is 35.5 Å². The van der Waals surface area contributed by atoms with Gasteiger partial charge in [-0.1, -0.05) is 65.5 Å². The van der Waals surface area contributed by atoms with Crippen molar-refractivity contribution in [3.8, 4) is 0 Å². The minimum absolute atomic E-state index is 0.865. The maximum absolute atomic E-state index is 2.78. The lowest BCUT2D eigenvalue weighted by molar-refractivity contribution is 1.83. The molecule has 0 bridgehead atoms. The van der Waals surface area contributed by atoms with Crippen LogP contribution in [-0.2, 0) is 0 Å². The topological polar surface area (TPSA) is 0 Å². The van der Waals surface area contributed by atoms with Gasteiger partial charge >= 0.3 is 0 Å². The Morgan fingerprint density at radius 3 is 0.400 bits per heavy atom. The minimum Gasteiger partial charge on any atom is -0.0735 e.